The summed E-state index contributed by atoms with van der Waals surface area (Å²) in [4.78, 5) is 0. The number of aryl methyl sites for hydroxylation is 2. The van der Waals surface area contributed by atoms with E-state index in [-0.39, 0.29) is 5.75 Å². The van der Waals surface area contributed by atoms with Crippen LogP contribution in [0.2, 0.25) is 5.02 Å². The molecule has 3 aromatic carbocycles. The van der Waals surface area contributed by atoms with Gasteiger partial charge in [-0.1, -0.05) is 60.1 Å². The molecule has 0 saturated carbocycles. The molecular formula is C21H21ClO2. The second-order valence-corrected chi connectivity index (χ2v) is 6.06. The van der Waals surface area contributed by atoms with E-state index in [1.54, 1.807) is 18.2 Å². The van der Waals surface area contributed by atoms with Gasteiger partial charge in [0, 0.05) is 11.4 Å². The molecule has 0 aliphatic heterocycles. The minimum Gasteiger partial charge on any atom is -0.508 e. The minimum atomic E-state index is 0.277. The van der Waals surface area contributed by atoms with E-state index in [0.29, 0.717) is 5.75 Å². The lowest BCUT2D eigenvalue weighted by molar-refractivity contribution is 0.469. The molecule has 0 aliphatic rings. The Morgan fingerprint density at radius 3 is 1.92 bits per heavy atom. The van der Waals surface area contributed by atoms with Crippen molar-refractivity contribution in [2.75, 3.05) is 0 Å². The molecule has 0 radical (unpaired) electrons. The lowest BCUT2D eigenvalue weighted by Gasteiger charge is -2.03. The fourth-order valence-corrected chi connectivity index (χ4v) is 2.51. The Hall–Kier alpha value is -2.45. The first kappa shape index (κ1) is 17.9. The van der Waals surface area contributed by atoms with Crippen molar-refractivity contribution in [2.45, 2.75) is 20.3 Å². The van der Waals surface area contributed by atoms with Gasteiger partial charge in [-0.2, -0.15) is 0 Å². The van der Waals surface area contributed by atoms with E-state index in [1.165, 1.54) is 5.56 Å². The van der Waals surface area contributed by atoms with Crippen LogP contribution in [0.1, 0.15) is 22.3 Å². The van der Waals surface area contributed by atoms with Crippen LogP contribution in [0.3, 0.4) is 0 Å². The van der Waals surface area contributed by atoms with Gasteiger partial charge in [-0.05, 0) is 54.3 Å². The molecule has 0 amide bonds. The van der Waals surface area contributed by atoms with Crippen molar-refractivity contribution in [1.29, 1.82) is 0 Å². The third kappa shape index (κ3) is 5.04. The van der Waals surface area contributed by atoms with E-state index in [0.717, 1.165) is 28.1 Å². The van der Waals surface area contributed by atoms with Crippen LogP contribution in [0, 0.1) is 13.8 Å². The number of phenols is 2. The normalized spacial score (nSPS) is 9.96. The van der Waals surface area contributed by atoms with Gasteiger partial charge in [0.2, 0.25) is 0 Å². The van der Waals surface area contributed by atoms with E-state index in [1.807, 2.05) is 50.2 Å². The monoisotopic (exact) mass is 340 g/mol. The molecule has 0 saturated heterocycles. The maximum atomic E-state index is 9.57. The number of benzene rings is 3. The summed E-state index contributed by atoms with van der Waals surface area (Å²) in [6.45, 7) is 3.74. The van der Waals surface area contributed by atoms with Gasteiger partial charge in [0.25, 0.3) is 0 Å². The Balaban J connectivity index is 0.000000185. The summed E-state index contributed by atoms with van der Waals surface area (Å²) >= 11 is 5.84. The Bertz CT molecular complexity index is 775. The fraction of sp³-hybridized carbons (Fsp3) is 0.143. The maximum absolute atomic E-state index is 9.57. The molecule has 0 aromatic heterocycles. The third-order valence-electron chi connectivity index (χ3n) is 3.65. The van der Waals surface area contributed by atoms with Crippen molar-refractivity contribution in [3.05, 3.63) is 94.0 Å². The molecule has 24 heavy (non-hydrogen) atoms. The summed E-state index contributed by atoms with van der Waals surface area (Å²) in [6.07, 6.45) is 0.785. The van der Waals surface area contributed by atoms with E-state index >= 15 is 0 Å². The van der Waals surface area contributed by atoms with Gasteiger partial charge in [0.05, 0.1) is 0 Å². The lowest BCUT2D eigenvalue weighted by atomic mass is 10.0. The highest BCUT2D eigenvalue weighted by Gasteiger charge is 2.00. The second-order valence-electron chi connectivity index (χ2n) is 5.68. The van der Waals surface area contributed by atoms with E-state index in [9.17, 15) is 5.11 Å². The topological polar surface area (TPSA) is 40.5 Å². The molecule has 0 atom stereocenters. The van der Waals surface area contributed by atoms with Crippen LogP contribution in [0.5, 0.6) is 11.5 Å². The molecule has 0 unspecified atom stereocenters. The molecule has 0 heterocycles. The van der Waals surface area contributed by atoms with Crippen LogP contribution >= 0.6 is 11.6 Å². The highest BCUT2D eigenvalue weighted by molar-refractivity contribution is 6.32. The fourth-order valence-electron chi connectivity index (χ4n) is 2.40. The van der Waals surface area contributed by atoms with E-state index in [2.05, 4.69) is 12.1 Å². The average Bonchev–Trinajstić information content (AvgIpc) is 2.56. The first-order valence-electron chi connectivity index (χ1n) is 7.74. The Labute approximate surface area is 148 Å². The summed E-state index contributed by atoms with van der Waals surface area (Å²) in [5, 5.41) is 19.4. The smallest absolute Gasteiger partial charge is 0.119 e. The number of phenolic OH excluding ortho intramolecular Hbond substituents is 2. The highest BCUT2D eigenvalue weighted by atomic mass is 35.5. The Morgan fingerprint density at radius 1 is 0.792 bits per heavy atom. The van der Waals surface area contributed by atoms with Crippen molar-refractivity contribution >= 4 is 11.6 Å². The quantitative estimate of drug-likeness (QED) is 0.633. The van der Waals surface area contributed by atoms with Crippen molar-refractivity contribution in [2.24, 2.45) is 0 Å². The average molecular weight is 341 g/mol. The largest absolute Gasteiger partial charge is 0.508 e. The van der Waals surface area contributed by atoms with Gasteiger partial charge in [-0.15, -0.1) is 0 Å². The van der Waals surface area contributed by atoms with Crippen LogP contribution in [-0.4, -0.2) is 10.2 Å². The SMILES string of the molecule is Cc1cc(O)cc(C)c1Cl.Oc1ccccc1Cc1ccccc1. The van der Waals surface area contributed by atoms with Crippen molar-refractivity contribution in [3.63, 3.8) is 0 Å². The van der Waals surface area contributed by atoms with Crippen LogP contribution < -0.4 is 0 Å². The van der Waals surface area contributed by atoms with Gasteiger partial charge in [0.15, 0.2) is 0 Å². The predicted molar refractivity (Wildman–Crippen MR) is 99.9 cm³/mol. The van der Waals surface area contributed by atoms with Crippen molar-refractivity contribution < 1.29 is 10.2 Å². The summed E-state index contributed by atoms with van der Waals surface area (Å²) in [7, 11) is 0. The van der Waals surface area contributed by atoms with Crippen LogP contribution in [0.4, 0.5) is 0 Å². The molecule has 0 aliphatic carbocycles. The first-order valence-corrected chi connectivity index (χ1v) is 8.11. The standard InChI is InChI=1S/C13H12O.C8H9ClO/c14-13-9-5-4-8-12(13)10-11-6-2-1-3-7-11;1-5-3-7(10)4-6(2)8(5)9/h1-9,14H,10H2;3-4,10H,1-2H3. The lowest BCUT2D eigenvalue weighted by Crippen LogP contribution is -1.87. The Kier molecular flexibility index (Phi) is 6.28. The van der Waals surface area contributed by atoms with Crippen molar-refractivity contribution in [3.8, 4) is 11.5 Å². The molecule has 3 rings (SSSR count). The molecule has 2 N–H and O–H groups in total. The van der Waals surface area contributed by atoms with Crippen LogP contribution in [0.15, 0.2) is 66.7 Å². The number of hydrogen-bond donors (Lipinski definition) is 2. The maximum Gasteiger partial charge on any atom is 0.119 e. The third-order valence-corrected chi connectivity index (χ3v) is 4.25. The van der Waals surface area contributed by atoms with Crippen LogP contribution in [-0.2, 0) is 6.42 Å². The zero-order valence-corrected chi connectivity index (χ0v) is 14.6. The predicted octanol–water partition coefficient (Wildman–Crippen LogP) is 5.65. The summed E-state index contributed by atoms with van der Waals surface area (Å²) in [6, 6.07) is 20.9. The molecule has 0 fully saturated rings. The molecule has 124 valence electrons. The van der Waals surface area contributed by atoms with Gasteiger partial charge in [0.1, 0.15) is 11.5 Å². The minimum absolute atomic E-state index is 0.277. The second kappa shape index (κ2) is 8.42. The van der Waals surface area contributed by atoms with E-state index < -0.39 is 0 Å². The first-order chi connectivity index (χ1) is 11.5. The molecular weight excluding hydrogens is 320 g/mol. The number of para-hydroxylation sites is 1. The summed E-state index contributed by atoms with van der Waals surface area (Å²) in [5.41, 5.74) is 4.02. The molecule has 3 heteroatoms. The zero-order valence-electron chi connectivity index (χ0n) is 13.8. The van der Waals surface area contributed by atoms with Gasteiger partial charge in [-0.3, -0.25) is 0 Å². The zero-order chi connectivity index (χ0) is 17.5. The molecule has 0 bridgehead atoms. The van der Waals surface area contributed by atoms with Gasteiger partial charge < -0.3 is 10.2 Å². The molecule has 0 spiro atoms. The highest BCUT2D eigenvalue weighted by Crippen LogP contribution is 2.24. The van der Waals surface area contributed by atoms with Crippen LogP contribution in [0.25, 0.3) is 0 Å². The van der Waals surface area contributed by atoms with Gasteiger partial charge >= 0.3 is 0 Å². The summed E-state index contributed by atoms with van der Waals surface area (Å²) in [5.74, 6) is 0.649. The van der Waals surface area contributed by atoms with E-state index in [4.69, 9.17) is 16.7 Å². The number of halogens is 1. The molecule has 3 aromatic rings. The number of aromatic hydroxyl groups is 2. The number of hydrogen-bond acceptors (Lipinski definition) is 2. The Morgan fingerprint density at radius 2 is 1.33 bits per heavy atom. The number of rotatable bonds is 2. The van der Waals surface area contributed by atoms with Crippen molar-refractivity contribution in [1.82, 2.24) is 0 Å². The summed E-state index contributed by atoms with van der Waals surface area (Å²) < 4.78 is 0. The van der Waals surface area contributed by atoms with Gasteiger partial charge in [-0.25, -0.2) is 0 Å². The molecule has 2 nitrogen and oxygen atoms in total.